The van der Waals surface area contributed by atoms with Gasteiger partial charge in [-0.3, -0.25) is 4.79 Å². The molecule has 0 unspecified atom stereocenters. The number of nitrogens with zero attached hydrogens (tertiary/aromatic N) is 2. The Labute approximate surface area is 171 Å². The Bertz CT molecular complexity index is 818. The van der Waals surface area contributed by atoms with E-state index < -0.39 is 0 Å². The minimum Gasteiger partial charge on any atom is -0.495 e. The maximum Gasteiger partial charge on any atom is 0.234 e. The number of ether oxygens (including phenoxy) is 1. The summed E-state index contributed by atoms with van der Waals surface area (Å²) in [6, 6.07) is 15.7. The van der Waals surface area contributed by atoms with Gasteiger partial charge < -0.3 is 15.0 Å². The highest BCUT2D eigenvalue weighted by atomic mass is 32.2. The van der Waals surface area contributed by atoms with E-state index >= 15 is 0 Å². The Morgan fingerprint density at radius 2 is 1.89 bits per heavy atom. The Kier molecular flexibility index (Phi) is 7.37. The number of hydrogen-bond acceptors (Lipinski definition) is 4. The number of rotatable bonds is 5. The highest BCUT2D eigenvalue weighted by molar-refractivity contribution is 8.14. The van der Waals surface area contributed by atoms with Crippen LogP contribution < -0.4 is 10.1 Å². The first-order valence-electron chi connectivity index (χ1n) is 9.61. The molecule has 1 N–H and O–H groups in total. The van der Waals surface area contributed by atoms with Crippen LogP contribution in [0.25, 0.3) is 0 Å². The lowest BCUT2D eigenvalue weighted by atomic mass is 10.1. The molecule has 0 radical (unpaired) electrons. The third-order valence-electron chi connectivity index (χ3n) is 4.57. The number of amides is 1. The lowest BCUT2D eigenvalue weighted by Gasteiger charge is -2.29. The number of methoxy groups -OCH3 is 1. The van der Waals surface area contributed by atoms with Crippen LogP contribution in [0, 0.1) is 6.92 Å². The first-order valence-corrected chi connectivity index (χ1v) is 10.6. The van der Waals surface area contributed by atoms with Crippen molar-refractivity contribution in [3.05, 3.63) is 54.1 Å². The van der Waals surface area contributed by atoms with Crippen LogP contribution in [0.1, 0.15) is 24.8 Å². The molecule has 0 spiro atoms. The van der Waals surface area contributed by atoms with E-state index in [4.69, 9.17) is 9.73 Å². The van der Waals surface area contributed by atoms with Crippen LogP contribution in [-0.2, 0) is 4.79 Å². The summed E-state index contributed by atoms with van der Waals surface area (Å²) in [5, 5.41) is 3.88. The van der Waals surface area contributed by atoms with Crippen molar-refractivity contribution in [3.63, 3.8) is 0 Å². The van der Waals surface area contributed by atoms with Gasteiger partial charge in [0.2, 0.25) is 5.91 Å². The lowest BCUT2D eigenvalue weighted by Crippen LogP contribution is -2.34. The second-order valence-corrected chi connectivity index (χ2v) is 7.76. The molecule has 1 aliphatic heterocycles. The number of carbonyl (C=O) groups is 1. The highest BCUT2D eigenvalue weighted by Gasteiger charge is 2.17. The Morgan fingerprint density at radius 1 is 1.14 bits per heavy atom. The van der Waals surface area contributed by atoms with E-state index in [1.165, 1.54) is 31.0 Å². The van der Waals surface area contributed by atoms with Gasteiger partial charge in [-0.25, -0.2) is 4.99 Å². The molecule has 1 fully saturated rings. The Morgan fingerprint density at radius 3 is 2.61 bits per heavy atom. The molecule has 1 aliphatic rings. The number of thioether (sulfide) groups is 1. The molecule has 0 bridgehead atoms. The van der Waals surface area contributed by atoms with E-state index in [9.17, 15) is 4.79 Å². The van der Waals surface area contributed by atoms with Crippen molar-refractivity contribution < 1.29 is 9.53 Å². The van der Waals surface area contributed by atoms with Gasteiger partial charge in [0.05, 0.1) is 24.2 Å². The number of aliphatic imine (C=N–C) groups is 1. The maximum atomic E-state index is 12.6. The number of anilines is 1. The van der Waals surface area contributed by atoms with Gasteiger partial charge in [0.15, 0.2) is 5.17 Å². The molecule has 2 aromatic rings. The van der Waals surface area contributed by atoms with Crippen LogP contribution in [0.5, 0.6) is 5.75 Å². The quantitative estimate of drug-likeness (QED) is 0.579. The summed E-state index contributed by atoms with van der Waals surface area (Å²) >= 11 is 1.49. The fraction of sp³-hybridized carbons (Fsp3) is 0.364. The van der Waals surface area contributed by atoms with Gasteiger partial charge in [-0.1, -0.05) is 36.0 Å². The number of carbonyl (C=O) groups excluding carboxylic acids is 1. The number of aryl methyl sites for hydroxylation is 1. The van der Waals surface area contributed by atoms with E-state index in [0.29, 0.717) is 17.2 Å². The zero-order valence-electron chi connectivity index (χ0n) is 16.5. The molecule has 148 valence electrons. The molecule has 0 saturated carbocycles. The van der Waals surface area contributed by atoms with Gasteiger partial charge >= 0.3 is 0 Å². The summed E-state index contributed by atoms with van der Waals surface area (Å²) < 4.78 is 5.35. The van der Waals surface area contributed by atoms with Gasteiger partial charge in [0, 0.05) is 13.1 Å². The fourth-order valence-electron chi connectivity index (χ4n) is 3.13. The summed E-state index contributed by atoms with van der Waals surface area (Å²) in [6.07, 6.45) is 3.59. The minimum atomic E-state index is -0.0633. The lowest BCUT2D eigenvalue weighted by molar-refractivity contribution is -0.113. The van der Waals surface area contributed by atoms with E-state index in [1.54, 1.807) is 7.11 Å². The molecule has 2 aromatic carbocycles. The molecule has 1 heterocycles. The van der Waals surface area contributed by atoms with Crippen LogP contribution in [0.2, 0.25) is 0 Å². The van der Waals surface area contributed by atoms with Gasteiger partial charge in [-0.2, -0.15) is 0 Å². The van der Waals surface area contributed by atoms with Crippen LogP contribution in [0.4, 0.5) is 11.4 Å². The average molecular weight is 398 g/mol. The van der Waals surface area contributed by atoms with Crippen LogP contribution in [0.15, 0.2) is 53.5 Å². The summed E-state index contributed by atoms with van der Waals surface area (Å²) in [6.45, 7) is 3.98. The van der Waals surface area contributed by atoms with Crippen LogP contribution in [0.3, 0.4) is 0 Å². The van der Waals surface area contributed by atoms with E-state index in [0.717, 1.165) is 29.5 Å². The maximum absolute atomic E-state index is 12.6. The summed E-state index contributed by atoms with van der Waals surface area (Å²) in [4.78, 5) is 19.7. The predicted octanol–water partition coefficient (Wildman–Crippen LogP) is 4.85. The molecule has 1 saturated heterocycles. The number of hydrogen-bond donors (Lipinski definition) is 1. The minimum absolute atomic E-state index is 0.0633. The van der Waals surface area contributed by atoms with Crippen molar-refractivity contribution in [3.8, 4) is 5.75 Å². The zero-order chi connectivity index (χ0) is 19.8. The summed E-state index contributed by atoms with van der Waals surface area (Å²) in [5.41, 5.74) is 2.69. The highest BCUT2D eigenvalue weighted by Crippen LogP contribution is 2.26. The monoisotopic (exact) mass is 397 g/mol. The molecule has 0 aliphatic carbocycles. The number of amidine groups is 1. The molecule has 6 heteroatoms. The van der Waals surface area contributed by atoms with Gasteiger partial charge in [-0.05, 0) is 56.0 Å². The topological polar surface area (TPSA) is 53.9 Å². The molecule has 0 atom stereocenters. The predicted molar refractivity (Wildman–Crippen MR) is 118 cm³/mol. The van der Waals surface area contributed by atoms with Gasteiger partial charge in [0.25, 0.3) is 0 Å². The largest absolute Gasteiger partial charge is 0.495 e. The van der Waals surface area contributed by atoms with Crippen LogP contribution in [-0.4, -0.2) is 41.9 Å². The fourth-order valence-corrected chi connectivity index (χ4v) is 4.00. The number of piperidine rings is 1. The van der Waals surface area contributed by atoms with E-state index in [2.05, 4.69) is 10.2 Å². The number of benzene rings is 2. The third kappa shape index (κ3) is 5.76. The van der Waals surface area contributed by atoms with Crippen molar-refractivity contribution in [2.75, 3.05) is 31.3 Å². The van der Waals surface area contributed by atoms with Crippen molar-refractivity contribution in [2.45, 2.75) is 26.2 Å². The first-order chi connectivity index (χ1) is 13.7. The molecule has 5 nitrogen and oxygen atoms in total. The second-order valence-electron chi connectivity index (χ2n) is 6.82. The molecule has 1 amide bonds. The zero-order valence-corrected chi connectivity index (χ0v) is 17.3. The Balaban J connectivity index is 1.68. The first kappa shape index (κ1) is 20.3. The molecule has 28 heavy (non-hydrogen) atoms. The molecular weight excluding hydrogens is 370 g/mol. The van der Waals surface area contributed by atoms with Gasteiger partial charge in [0.1, 0.15) is 5.75 Å². The van der Waals surface area contributed by atoms with Crippen molar-refractivity contribution in [1.82, 2.24) is 4.90 Å². The smallest absolute Gasteiger partial charge is 0.234 e. The molecular formula is C22H27N3O2S. The average Bonchev–Trinajstić information content (AvgIpc) is 2.72. The Hall–Kier alpha value is -2.47. The van der Waals surface area contributed by atoms with Crippen molar-refractivity contribution in [1.29, 1.82) is 0 Å². The van der Waals surface area contributed by atoms with E-state index in [1.807, 2.05) is 55.5 Å². The van der Waals surface area contributed by atoms with Gasteiger partial charge in [-0.15, -0.1) is 0 Å². The summed E-state index contributed by atoms with van der Waals surface area (Å²) in [7, 11) is 1.61. The molecule has 3 rings (SSSR count). The van der Waals surface area contributed by atoms with Crippen molar-refractivity contribution >= 4 is 34.2 Å². The number of nitrogens with one attached hydrogen (secondary N) is 1. The summed E-state index contributed by atoms with van der Waals surface area (Å²) in [5.74, 6) is 0.907. The molecule has 0 aromatic heterocycles. The number of likely N-dealkylation sites (tertiary alicyclic amines) is 1. The standard InChI is InChI=1S/C22H27N3O2S/c1-17-11-12-20(27-2)19(15-17)24-21(26)16-28-22(25-13-7-4-8-14-25)23-18-9-5-3-6-10-18/h3,5-6,9-12,15H,4,7-8,13-14,16H2,1-2H3,(H,24,26). The SMILES string of the molecule is COc1ccc(C)cc1NC(=O)CSC(=Nc1ccccc1)N1CCCCC1. The second kappa shape index (κ2) is 10.2. The van der Waals surface area contributed by atoms with Crippen molar-refractivity contribution in [2.24, 2.45) is 4.99 Å². The van der Waals surface area contributed by atoms with E-state index in [-0.39, 0.29) is 5.91 Å². The third-order valence-corrected chi connectivity index (χ3v) is 5.58. The van der Waals surface area contributed by atoms with Crippen LogP contribution >= 0.6 is 11.8 Å². The normalized spacial score (nSPS) is 14.6. The number of para-hydroxylation sites is 1.